The number of carbonyl (C=O) groups is 1. The van der Waals surface area contributed by atoms with E-state index in [0.717, 1.165) is 28.2 Å². The normalized spacial score (nSPS) is 11.5. The maximum absolute atomic E-state index is 12.0. The molecule has 0 heterocycles. The second kappa shape index (κ2) is 9.46. The van der Waals surface area contributed by atoms with E-state index in [1.807, 2.05) is 32.0 Å². The van der Waals surface area contributed by atoms with Gasteiger partial charge in [-0.15, -0.1) is 0 Å². The highest BCUT2D eigenvalue weighted by molar-refractivity contribution is 9.10. The van der Waals surface area contributed by atoms with Gasteiger partial charge in [-0.25, -0.2) is 0 Å². The standard InChI is InChI=1S/C16H25BrN4O/c1-5-18-16(20-11(2)3)19-9-8-15(22)21-14-10-13(17)7-6-12(14)4/h6-7,10-11H,5,8-9H2,1-4H3,(H,21,22)(H2,18,19,20). The molecule has 0 aliphatic heterocycles. The maximum Gasteiger partial charge on any atom is 0.226 e. The van der Waals surface area contributed by atoms with E-state index in [9.17, 15) is 4.79 Å². The van der Waals surface area contributed by atoms with Crippen LogP contribution in [-0.4, -0.2) is 31.0 Å². The molecule has 0 radical (unpaired) electrons. The number of nitrogens with zero attached hydrogens (tertiary/aromatic N) is 1. The summed E-state index contributed by atoms with van der Waals surface area (Å²) in [5.41, 5.74) is 1.87. The number of amides is 1. The molecule has 5 nitrogen and oxygen atoms in total. The Hall–Kier alpha value is -1.56. The zero-order valence-corrected chi connectivity index (χ0v) is 15.3. The quantitative estimate of drug-likeness (QED) is 0.533. The molecule has 0 aliphatic rings. The van der Waals surface area contributed by atoms with Gasteiger partial charge in [-0.05, 0) is 45.4 Å². The summed E-state index contributed by atoms with van der Waals surface area (Å²) in [7, 11) is 0. The number of anilines is 1. The highest BCUT2D eigenvalue weighted by Crippen LogP contribution is 2.20. The summed E-state index contributed by atoms with van der Waals surface area (Å²) >= 11 is 3.41. The Morgan fingerprint density at radius 3 is 2.73 bits per heavy atom. The van der Waals surface area contributed by atoms with Gasteiger partial charge in [0.2, 0.25) is 5.91 Å². The van der Waals surface area contributed by atoms with Gasteiger partial charge in [-0.1, -0.05) is 22.0 Å². The van der Waals surface area contributed by atoms with Crippen LogP contribution in [0, 0.1) is 6.92 Å². The topological polar surface area (TPSA) is 65.5 Å². The summed E-state index contributed by atoms with van der Waals surface area (Å²) in [4.78, 5) is 16.4. The number of hydrogen-bond donors (Lipinski definition) is 3. The Kier molecular flexibility index (Phi) is 7.95. The van der Waals surface area contributed by atoms with Crippen molar-refractivity contribution in [2.24, 2.45) is 4.99 Å². The number of aliphatic imine (C=N–C) groups is 1. The first-order valence-corrected chi connectivity index (χ1v) is 8.32. The third-order valence-electron chi connectivity index (χ3n) is 2.85. The van der Waals surface area contributed by atoms with E-state index in [-0.39, 0.29) is 5.91 Å². The number of halogens is 1. The van der Waals surface area contributed by atoms with Gasteiger partial charge in [0.1, 0.15) is 0 Å². The molecule has 22 heavy (non-hydrogen) atoms. The van der Waals surface area contributed by atoms with Crippen LogP contribution in [0.4, 0.5) is 5.69 Å². The Bertz CT molecular complexity index is 529. The zero-order chi connectivity index (χ0) is 16.5. The van der Waals surface area contributed by atoms with E-state index in [0.29, 0.717) is 19.0 Å². The van der Waals surface area contributed by atoms with Gasteiger partial charge in [-0.2, -0.15) is 0 Å². The first kappa shape index (κ1) is 18.5. The summed E-state index contributed by atoms with van der Waals surface area (Å²) in [6.07, 6.45) is 0.348. The van der Waals surface area contributed by atoms with Gasteiger partial charge in [0.05, 0.1) is 6.54 Å². The predicted octanol–water partition coefficient (Wildman–Crippen LogP) is 3.05. The fourth-order valence-electron chi connectivity index (χ4n) is 1.80. The second-order valence-electron chi connectivity index (χ2n) is 5.32. The average molecular weight is 369 g/mol. The van der Waals surface area contributed by atoms with Crippen LogP contribution in [0.5, 0.6) is 0 Å². The number of nitrogens with one attached hydrogen (secondary N) is 3. The SMILES string of the molecule is CCNC(=NCCC(=O)Nc1cc(Br)ccc1C)NC(C)C. The van der Waals surface area contributed by atoms with Gasteiger partial charge in [0.25, 0.3) is 0 Å². The third kappa shape index (κ3) is 6.93. The summed E-state index contributed by atoms with van der Waals surface area (Å²) in [5.74, 6) is 0.703. The molecule has 1 aromatic carbocycles. The third-order valence-corrected chi connectivity index (χ3v) is 3.35. The van der Waals surface area contributed by atoms with Crippen LogP contribution in [0.25, 0.3) is 0 Å². The molecule has 0 saturated carbocycles. The minimum Gasteiger partial charge on any atom is -0.357 e. The van der Waals surface area contributed by atoms with Gasteiger partial charge < -0.3 is 16.0 Å². The monoisotopic (exact) mass is 368 g/mol. The van der Waals surface area contributed by atoms with Crippen molar-refractivity contribution >= 4 is 33.5 Å². The number of guanidine groups is 1. The number of carbonyl (C=O) groups excluding carboxylic acids is 1. The van der Waals surface area contributed by atoms with E-state index in [1.54, 1.807) is 0 Å². The highest BCUT2D eigenvalue weighted by atomic mass is 79.9. The smallest absolute Gasteiger partial charge is 0.226 e. The van der Waals surface area contributed by atoms with Crippen LogP contribution in [0.3, 0.4) is 0 Å². The summed E-state index contributed by atoms with van der Waals surface area (Å²) in [5, 5.41) is 9.30. The van der Waals surface area contributed by atoms with Crippen molar-refractivity contribution in [2.45, 2.75) is 40.2 Å². The van der Waals surface area contributed by atoms with Crippen LogP contribution in [0.15, 0.2) is 27.7 Å². The second-order valence-corrected chi connectivity index (χ2v) is 6.23. The Balaban J connectivity index is 2.52. The van der Waals surface area contributed by atoms with Gasteiger partial charge in [-0.3, -0.25) is 9.79 Å². The van der Waals surface area contributed by atoms with Crippen LogP contribution < -0.4 is 16.0 Å². The van der Waals surface area contributed by atoms with Crippen molar-refractivity contribution in [1.29, 1.82) is 0 Å². The van der Waals surface area contributed by atoms with Crippen molar-refractivity contribution in [3.8, 4) is 0 Å². The minimum absolute atomic E-state index is 0.0367. The Labute approximate surface area is 141 Å². The molecule has 0 aliphatic carbocycles. The van der Waals surface area contributed by atoms with Crippen LogP contribution in [0.1, 0.15) is 32.8 Å². The van der Waals surface area contributed by atoms with Crippen molar-refractivity contribution in [2.75, 3.05) is 18.4 Å². The molecular formula is C16H25BrN4O. The predicted molar refractivity (Wildman–Crippen MR) is 96.4 cm³/mol. The Morgan fingerprint density at radius 1 is 1.36 bits per heavy atom. The van der Waals surface area contributed by atoms with E-state index >= 15 is 0 Å². The number of aryl methyl sites for hydroxylation is 1. The molecule has 122 valence electrons. The molecule has 0 atom stereocenters. The lowest BCUT2D eigenvalue weighted by Gasteiger charge is -2.14. The molecule has 0 saturated heterocycles. The lowest BCUT2D eigenvalue weighted by molar-refractivity contribution is -0.116. The molecule has 3 N–H and O–H groups in total. The number of benzene rings is 1. The highest BCUT2D eigenvalue weighted by Gasteiger charge is 2.06. The van der Waals surface area contributed by atoms with Crippen molar-refractivity contribution in [3.63, 3.8) is 0 Å². The van der Waals surface area contributed by atoms with Crippen molar-refractivity contribution in [3.05, 3.63) is 28.2 Å². The fourth-order valence-corrected chi connectivity index (χ4v) is 2.17. The van der Waals surface area contributed by atoms with Gasteiger partial charge >= 0.3 is 0 Å². The Morgan fingerprint density at radius 2 is 2.09 bits per heavy atom. The van der Waals surface area contributed by atoms with E-state index in [2.05, 4.69) is 50.7 Å². The van der Waals surface area contributed by atoms with E-state index in [4.69, 9.17) is 0 Å². The lowest BCUT2D eigenvalue weighted by atomic mass is 10.2. The van der Waals surface area contributed by atoms with Crippen molar-refractivity contribution < 1.29 is 4.79 Å². The lowest BCUT2D eigenvalue weighted by Crippen LogP contribution is -2.41. The molecule has 0 spiro atoms. The summed E-state index contributed by atoms with van der Waals surface area (Å²) < 4.78 is 0.946. The maximum atomic E-state index is 12.0. The van der Waals surface area contributed by atoms with Gasteiger partial charge in [0.15, 0.2) is 5.96 Å². The molecule has 1 aromatic rings. The molecule has 0 fully saturated rings. The van der Waals surface area contributed by atoms with Gasteiger partial charge in [0, 0.05) is 29.2 Å². The summed E-state index contributed by atoms with van der Waals surface area (Å²) in [6.45, 7) is 9.32. The van der Waals surface area contributed by atoms with Crippen LogP contribution in [0.2, 0.25) is 0 Å². The van der Waals surface area contributed by atoms with Crippen molar-refractivity contribution in [1.82, 2.24) is 10.6 Å². The number of hydrogen-bond acceptors (Lipinski definition) is 2. The largest absolute Gasteiger partial charge is 0.357 e. The molecule has 0 aromatic heterocycles. The zero-order valence-electron chi connectivity index (χ0n) is 13.7. The first-order chi connectivity index (χ1) is 10.4. The van der Waals surface area contributed by atoms with Crippen LogP contribution >= 0.6 is 15.9 Å². The molecule has 0 bridgehead atoms. The number of rotatable bonds is 6. The van der Waals surface area contributed by atoms with E-state index < -0.39 is 0 Å². The average Bonchev–Trinajstić information content (AvgIpc) is 2.42. The molecule has 1 amide bonds. The molecular weight excluding hydrogens is 344 g/mol. The molecule has 6 heteroatoms. The molecule has 0 unspecified atom stereocenters. The fraction of sp³-hybridized carbons (Fsp3) is 0.500. The molecule has 1 rings (SSSR count). The minimum atomic E-state index is -0.0367. The van der Waals surface area contributed by atoms with E-state index in [1.165, 1.54) is 0 Å². The first-order valence-electron chi connectivity index (χ1n) is 7.53. The van der Waals surface area contributed by atoms with Crippen LogP contribution in [-0.2, 0) is 4.79 Å². The summed E-state index contributed by atoms with van der Waals surface area (Å²) in [6, 6.07) is 6.13.